The predicted octanol–water partition coefficient (Wildman–Crippen LogP) is 7.26. The highest BCUT2D eigenvalue weighted by molar-refractivity contribution is 4.78. The summed E-state index contributed by atoms with van der Waals surface area (Å²) in [6.45, 7) is 13.4. The predicted molar refractivity (Wildman–Crippen MR) is 116 cm³/mol. The van der Waals surface area contributed by atoms with Gasteiger partial charge in [0.05, 0.1) is 12.2 Å². The van der Waals surface area contributed by atoms with Crippen molar-refractivity contribution in [3.63, 3.8) is 0 Å². The average Bonchev–Trinajstić information content (AvgIpc) is 2.66. The van der Waals surface area contributed by atoms with Crippen molar-refractivity contribution in [2.24, 2.45) is 29.6 Å². The van der Waals surface area contributed by atoms with Gasteiger partial charge < -0.3 is 9.47 Å². The largest absolute Gasteiger partial charge is 0.379 e. The third-order valence-corrected chi connectivity index (χ3v) is 7.28. The summed E-state index contributed by atoms with van der Waals surface area (Å²) in [5, 5.41) is 0. The zero-order valence-electron chi connectivity index (χ0n) is 19.1. The molecule has 2 aliphatic carbocycles. The van der Waals surface area contributed by atoms with Crippen LogP contribution in [0, 0.1) is 29.6 Å². The lowest BCUT2D eigenvalue weighted by molar-refractivity contribution is 0.00127. The van der Waals surface area contributed by atoms with Crippen molar-refractivity contribution in [2.45, 2.75) is 117 Å². The van der Waals surface area contributed by atoms with Gasteiger partial charge in [-0.1, -0.05) is 52.4 Å². The van der Waals surface area contributed by atoms with Crippen LogP contribution in [0.3, 0.4) is 0 Å². The zero-order chi connectivity index (χ0) is 19.6. The Bertz CT molecular complexity index is 373. The Morgan fingerprint density at radius 3 is 2.11 bits per heavy atom. The van der Waals surface area contributed by atoms with Crippen molar-refractivity contribution in [2.75, 3.05) is 13.2 Å². The summed E-state index contributed by atoms with van der Waals surface area (Å²) >= 11 is 0. The summed E-state index contributed by atoms with van der Waals surface area (Å²) in [7, 11) is 0. The van der Waals surface area contributed by atoms with Crippen molar-refractivity contribution in [1.82, 2.24) is 0 Å². The first-order valence-electron chi connectivity index (χ1n) is 12.2. The Morgan fingerprint density at radius 2 is 1.44 bits per heavy atom. The molecule has 0 spiro atoms. The molecule has 0 aromatic carbocycles. The van der Waals surface area contributed by atoms with E-state index in [1.807, 2.05) is 0 Å². The fourth-order valence-electron chi connectivity index (χ4n) is 5.51. The second kappa shape index (κ2) is 12.5. The van der Waals surface area contributed by atoms with Gasteiger partial charge in [-0.3, -0.25) is 0 Å². The Balaban J connectivity index is 1.62. The van der Waals surface area contributed by atoms with E-state index < -0.39 is 0 Å². The molecule has 0 aromatic heterocycles. The highest BCUT2D eigenvalue weighted by Crippen LogP contribution is 2.36. The lowest BCUT2D eigenvalue weighted by Crippen LogP contribution is -2.28. The minimum absolute atomic E-state index is 0.369. The molecule has 2 saturated carbocycles. The smallest absolute Gasteiger partial charge is 0.0549 e. The van der Waals surface area contributed by atoms with E-state index in [1.165, 1.54) is 70.6 Å². The van der Waals surface area contributed by atoms with Gasteiger partial charge in [-0.05, 0) is 82.5 Å². The monoisotopic (exact) mass is 380 g/mol. The lowest BCUT2D eigenvalue weighted by Gasteiger charge is -2.34. The summed E-state index contributed by atoms with van der Waals surface area (Å²) in [5.74, 6) is 4.26. The van der Waals surface area contributed by atoms with Crippen LogP contribution < -0.4 is 0 Å². The summed E-state index contributed by atoms with van der Waals surface area (Å²) in [4.78, 5) is 0. The van der Waals surface area contributed by atoms with E-state index in [1.54, 1.807) is 0 Å². The van der Waals surface area contributed by atoms with E-state index in [0.29, 0.717) is 12.2 Å². The molecule has 2 heteroatoms. The van der Waals surface area contributed by atoms with Gasteiger partial charge in [-0.2, -0.15) is 0 Å². The molecule has 0 aromatic rings. The molecule has 0 saturated heterocycles. The normalized spacial score (nSPS) is 31.8. The summed E-state index contributed by atoms with van der Waals surface area (Å²) in [6.07, 6.45) is 16.0. The van der Waals surface area contributed by atoms with Crippen LogP contribution in [0.5, 0.6) is 0 Å². The topological polar surface area (TPSA) is 18.5 Å². The van der Waals surface area contributed by atoms with Gasteiger partial charge in [-0.25, -0.2) is 0 Å². The fraction of sp³-hybridized carbons (Fsp3) is 1.00. The zero-order valence-corrected chi connectivity index (χ0v) is 19.1. The Morgan fingerprint density at radius 1 is 0.778 bits per heavy atom. The highest BCUT2D eigenvalue weighted by Gasteiger charge is 2.28. The SMILES string of the molecule is CCC[C@H]1CC[C@H](COC(C)CC(C)[C@@H]2CCC[C@@H](COC(C)C)C2)CC1. The second-order valence-corrected chi connectivity index (χ2v) is 10.2. The molecule has 0 radical (unpaired) electrons. The first kappa shape index (κ1) is 23.2. The lowest BCUT2D eigenvalue weighted by atomic mass is 9.74. The van der Waals surface area contributed by atoms with Crippen LogP contribution in [0.15, 0.2) is 0 Å². The minimum Gasteiger partial charge on any atom is -0.379 e. The molecular weight excluding hydrogens is 332 g/mol. The van der Waals surface area contributed by atoms with Crippen LogP contribution in [0.4, 0.5) is 0 Å². The van der Waals surface area contributed by atoms with Crippen LogP contribution >= 0.6 is 0 Å². The fourth-order valence-corrected chi connectivity index (χ4v) is 5.51. The van der Waals surface area contributed by atoms with Crippen molar-refractivity contribution in [3.8, 4) is 0 Å². The van der Waals surface area contributed by atoms with Crippen molar-refractivity contribution < 1.29 is 9.47 Å². The molecule has 0 N–H and O–H groups in total. The standard InChI is InChI=1S/C25H48O2/c1-6-8-22-11-13-23(14-12-22)17-27-21(5)15-20(4)25-10-7-9-24(16-25)18-26-19(2)3/h19-25H,6-18H2,1-5H3/t20?,21?,22-,23-,24-,25-/m1/s1. The number of ether oxygens (including phenoxy) is 2. The first-order valence-corrected chi connectivity index (χ1v) is 12.2. The molecule has 0 aliphatic heterocycles. The molecule has 2 nitrogen and oxygen atoms in total. The van der Waals surface area contributed by atoms with Gasteiger partial charge in [0, 0.05) is 13.2 Å². The molecule has 160 valence electrons. The average molecular weight is 381 g/mol. The summed E-state index contributed by atoms with van der Waals surface area (Å²) in [6, 6.07) is 0. The van der Waals surface area contributed by atoms with Crippen molar-refractivity contribution >= 4 is 0 Å². The van der Waals surface area contributed by atoms with Gasteiger partial charge in [0.1, 0.15) is 0 Å². The Labute approximate surface area is 170 Å². The Kier molecular flexibility index (Phi) is 10.7. The van der Waals surface area contributed by atoms with E-state index in [9.17, 15) is 0 Å². The van der Waals surface area contributed by atoms with Crippen LogP contribution in [0.1, 0.15) is 105 Å². The molecule has 27 heavy (non-hydrogen) atoms. The van der Waals surface area contributed by atoms with E-state index in [-0.39, 0.29) is 0 Å². The number of hydrogen-bond donors (Lipinski definition) is 0. The van der Waals surface area contributed by atoms with Crippen LogP contribution in [-0.2, 0) is 9.47 Å². The van der Waals surface area contributed by atoms with E-state index >= 15 is 0 Å². The van der Waals surface area contributed by atoms with E-state index in [0.717, 1.165) is 42.8 Å². The first-order chi connectivity index (χ1) is 13.0. The van der Waals surface area contributed by atoms with Crippen LogP contribution in [-0.4, -0.2) is 25.4 Å². The van der Waals surface area contributed by atoms with Crippen LogP contribution in [0.2, 0.25) is 0 Å². The highest BCUT2D eigenvalue weighted by atomic mass is 16.5. The molecule has 0 heterocycles. The Hall–Kier alpha value is -0.0800. The van der Waals surface area contributed by atoms with Gasteiger partial charge >= 0.3 is 0 Å². The molecule has 2 unspecified atom stereocenters. The molecular formula is C25H48O2. The minimum atomic E-state index is 0.369. The summed E-state index contributed by atoms with van der Waals surface area (Å²) in [5.41, 5.74) is 0. The maximum Gasteiger partial charge on any atom is 0.0549 e. The summed E-state index contributed by atoms with van der Waals surface area (Å²) < 4.78 is 12.2. The van der Waals surface area contributed by atoms with Gasteiger partial charge in [0.2, 0.25) is 0 Å². The van der Waals surface area contributed by atoms with E-state index in [2.05, 4.69) is 34.6 Å². The number of hydrogen-bond acceptors (Lipinski definition) is 2. The molecule has 0 amide bonds. The molecule has 2 aliphatic rings. The number of rotatable bonds is 11. The van der Waals surface area contributed by atoms with Gasteiger partial charge in [0.25, 0.3) is 0 Å². The third-order valence-electron chi connectivity index (χ3n) is 7.28. The maximum atomic E-state index is 6.32. The van der Waals surface area contributed by atoms with Crippen molar-refractivity contribution in [1.29, 1.82) is 0 Å². The van der Waals surface area contributed by atoms with Gasteiger partial charge in [-0.15, -0.1) is 0 Å². The second-order valence-electron chi connectivity index (χ2n) is 10.2. The molecule has 0 bridgehead atoms. The van der Waals surface area contributed by atoms with E-state index in [4.69, 9.17) is 9.47 Å². The quantitative estimate of drug-likeness (QED) is 0.375. The third kappa shape index (κ3) is 8.86. The molecule has 4 atom stereocenters. The van der Waals surface area contributed by atoms with Crippen molar-refractivity contribution in [3.05, 3.63) is 0 Å². The molecule has 2 rings (SSSR count). The molecule has 2 fully saturated rings. The maximum absolute atomic E-state index is 6.32. The van der Waals surface area contributed by atoms with Gasteiger partial charge in [0.15, 0.2) is 0 Å². The van der Waals surface area contributed by atoms with Crippen LogP contribution in [0.25, 0.3) is 0 Å².